The van der Waals surface area contributed by atoms with E-state index >= 15 is 0 Å². The van der Waals surface area contributed by atoms with E-state index in [1.807, 2.05) is 31.3 Å². The van der Waals surface area contributed by atoms with Crippen molar-refractivity contribution in [2.24, 2.45) is 0 Å². The molecule has 0 aromatic carbocycles. The van der Waals surface area contributed by atoms with Crippen molar-refractivity contribution in [3.63, 3.8) is 0 Å². The van der Waals surface area contributed by atoms with E-state index in [4.69, 9.17) is 5.73 Å². The lowest BCUT2D eigenvalue weighted by Gasteiger charge is -2.00. The van der Waals surface area contributed by atoms with Crippen molar-refractivity contribution in [1.29, 1.82) is 0 Å². The zero-order valence-corrected chi connectivity index (χ0v) is 10.5. The third-order valence-corrected chi connectivity index (χ3v) is 3.51. The van der Waals surface area contributed by atoms with E-state index in [0.29, 0.717) is 5.82 Å². The Balaban J connectivity index is 2.18. The molecule has 0 aliphatic carbocycles. The fourth-order valence-corrected chi connectivity index (χ4v) is 2.56. The van der Waals surface area contributed by atoms with Crippen molar-refractivity contribution in [3.8, 4) is 21.8 Å². The molecule has 0 amide bonds. The number of thiazole rings is 1. The molecule has 0 saturated carbocycles. The summed E-state index contributed by atoms with van der Waals surface area (Å²) in [6, 6.07) is 5.71. The summed E-state index contributed by atoms with van der Waals surface area (Å²) >= 11 is 1.60. The van der Waals surface area contributed by atoms with Crippen molar-refractivity contribution >= 4 is 17.2 Å². The van der Waals surface area contributed by atoms with Crippen LogP contribution in [0.2, 0.25) is 0 Å². The second kappa shape index (κ2) is 4.23. The monoisotopic (exact) mass is 257 g/mol. The lowest BCUT2D eigenvalue weighted by Crippen LogP contribution is -1.90. The Kier molecular flexibility index (Phi) is 2.56. The van der Waals surface area contributed by atoms with Crippen LogP contribution in [0.15, 0.2) is 30.6 Å². The summed E-state index contributed by atoms with van der Waals surface area (Å²) in [5.74, 6) is 0.453. The summed E-state index contributed by atoms with van der Waals surface area (Å²) in [4.78, 5) is 9.58. The number of aryl methyl sites for hydroxylation is 1. The van der Waals surface area contributed by atoms with Crippen LogP contribution in [-0.4, -0.2) is 20.2 Å². The van der Waals surface area contributed by atoms with Crippen molar-refractivity contribution in [1.82, 2.24) is 20.2 Å². The fraction of sp³-hybridized carbons (Fsp3) is 0.0833. The first-order valence-corrected chi connectivity index (χ1v) is 6.25. The van der Waals surface area contributed by atoms with E-state index in [-0.39, 0.29) is 0 Å². The minimum Gasteiger partial charge on any atom is -0.382 e. The number of H-pyrrole nitrogens is 1. The van der Waals surface area contributed by atoms with Crippen LogP contribution in [0.1, 0.15) is 5.01 Å². The van der Waals surface area contributed by atoms with Gasteiger partial charge < -0.3 is 5.73 Å². The molecule has 0 spiro atoms. The molecule has 0 bridgehead atoms. The van der Waals surface area contributed by atoms with Gasteiger partial charge >= 0.3 is 0 Å². The molecule has 3 aromatic heterocycles. The van der Waals surface area contributed by atoms with Crippen LogP contribution < -0.4 is 5.73 Å². The van der Waals surface area contributed by atoms with E-state index in [9.17, 15) is 0 Å². The van der Waals surface area contributed by atoms with Gasteiger partial charge in [0.1, 0.15) is 0 Å². The van der Waals surface area contributed by atoms with E-state index in [0.717, 1.165) is 26.8 Å². The molecular weight excluding hydrogens is 246 g/mol. The highest BCUT2D eigenvalue weighted by atomic mass is 32.1. The maximum Gasteiger partial charge on any atom is 0.155 e. The van der Waals surface area contributed by atoms with Gasteiger partial charge in [0.25, 0.3) is 0 Å². The molecule has 90 valence electrons. The first kappa shape index (κ1) is 10.9. The standard InChI is InChI=1S/C12H11N5S/c1-7-15-6-9(18-7)11-10(12(13)17-16-11)8-4-2-3-5-14-8/h2-6H,1H3,(H3,13,16,17). The van der Waals surface area contributed by atoms with Crippen LogP contribution in [0.25, 0.3) is 21.8 Å². The van der Waals surface area contributed by atoms with Crippen molar-refractivity contribution in [3.05, 3.63) is 35.6 Å². The molecule has 0 radical (unpaired) electrons. The van der Waals surface area contributed by atoms with Crippen LogP contribution in [0.3, 0.4) is 0 Å². The Labute approximate surface area is 108 Å². The van der Waals surface area contributed by atoms with Gasteiger partial charge in [-0.05, 0) is 19.1 Å². The highest BCUT2D eigenvalue weighted by molar-refractivity contribution is 7.15. The SMILES string of the molecule is Cc1ncc(-c2[nH]nc(N)c2-c2ccccn2)s1. The van der Waals surface area contributed by atoms with Gasteiger partial charge in [0, 0.05) is 12.4 Å². The highest BCUT2D eigenvalue weighted by Crippen LogP contribution is 2.35. The third kappa shape index (κ3) is 1.76. The number of nitrogens with zero attached hydrogens (tertiary/aromatic N) is 3. The largest absolute Gasteiger partial charge is 0.382 e. The molecule has 0 aliphatic rings. The topological polar surface area (TPSA) is 80.5 Å². The number of rotatable bonds is 2. The van der Waals surface area contributed by atoms with E-state index in [1.165, 1.54) is 0 Å². The third-order valence-electron chi connectivity index (χ3n) is 2.58. The molecule has 5 nitrogen and oxygen atoms in total. The van der Waals surface area contributed by atoms with Gasteiger partial charge in [-0.2, -0.15) is 5.10 Å². The van der Waals surface area contributed by atoms with Crippen molar-refractivity contribution in [2.75, 3.05) is 5.73 Å². The smallest absolute Gasteiger partial charge is 0.155 e. The molecular formula is C12H11N5S. The van der Waals surface area contributed by atoms with Gasteiger partial charge in [0.15, 0.2) is 5.82 Å². The van der Waals surface area contributed by atoms with Crippen LogP contribution in [-0.2, 0) is 0 Å². The molecule has 0 aliphatic heterocycles. The molecule has 3 heterocycles. The van der Waals surface area contributed by atoms with Gasteiger partial charge in [-0.3, -0.25) is 10.1 Å². The number of hydrogen-bond acceptors (Lipinski definition) is 5. The summed E-state index contributed by atoms with van der Waals surface area (Å²) in [7, 11) is 0. The molecule has 3 N–H and O–H groups in total. The predicted octanol–water partition coefficient (Wildman–Crippen LogP) is 2.49. The minimum absolute atomic E-state index is 0.453. The van der Waals surface area contributed by atoms with Crippen LogP contribution in [0.4, 0.5) is 5.82 Å². The maximum atomic E-state index is 5.92. The van der Waals surface area contributed by atoms with Gasteiger partial charge in [0.05, 0.1) is 26.8 Å². The zero-order chi connectivity index (χ0) is 12.5. The molecule has 0 saturated heterocycles. The number of aromatic nitrogens is 4. The van der Waals surface area contributed by atoms with Gasteiger partial charge in [-0.1, -0.05) is 6.07 Å². The Morgan fingerprint density at radius 3 is 2.83 bits per heavy atom. The zero-order valence-electron chi connectivity index (χ0n) is 9.71. The van der Waals surface area contributed by atoms with Crippen molar-refractivity contribution in [2.45, 2.75) is 6.92 Å². The summed E-state index contributed by atoms with van der Waals surface area (Å²) < 4.78 is 0. The predicted molar refractivity (Wildman–Crippen MR) is 72.1 cm³/mol. The molecule has 3 rings (SSSR count). The first-order chi connectivity index (χ1) is 8.75. The van der Waals surface area contributed by atoms with E-state index < -0.39 is 0 Å². The number of nitrogens with two attached hydrogens (primary N) is 1. The molecule has 3 aromatic rings. The summed E-state index contributed by atoms with van der Waals surface area (Å²) in [5, 5.41) is 8.03. The normalized spacial score (nSPS) is 10.7. The van der Waals surface area contributed by atoms with E-state index in [1.54, 1.807) is 17.5 Å². The van der Waals surface area contributed by atoms with Gasteiger partial charge in [0.2, 0.25) is 0 Å². The molecule has 6 heteroatoms. The molecule has 0 unspecified atom stereocenters. The lowest BCUT2D eigenvalue weighted by molar-refractivity contribution is 1.10. The van der Waals surface area contributed by atoms with Crippen LogP contribution >= 0.6 is 11.3 Å². The van der Waals surface area contributed by atoms with Crippen molar-refractivity contribution < 1.29 is 0 Å². The number of nitrogen functional groups attached to an aromatic ring is 1. The quantitative estimate of drug-likeness (QED) is 0.739. The maximum absolute atomic E-state index is 5.92. The Morgan fingerprint density at radius 2 is 2.17 bits per heavy atom. The Hall–Kier alpha value is -2.21. The Morgan fingerprint density at radius 1 is 1.28 bits per heavy atom. The fourth-order valence-electron chi connectivity index (χ4n) is 1.78. The van der Waals surface area contributed by atoms with Crippen LogP contribution in [0, 0.1) is 6.92 Å². The van der Waals surface area contributed by atoms with Gasteiger partial charge in [-0.25, -0.2) is 4.98 Å². The van der Waals surface area contributed by atoms with E-state index in [2.05, 4.69) is 20.2 Å². The Bertz CT molecular complexity index is 671. The second-order valence-electron chi connectivity index (χ2n) is 3.82. The molecule has 0 fully saturated rings. The highest BCUT2D eigenvalue weighted by Gasteiger charge is 2.17. The number of hydrogen-bond donors (Lipinski definition) is 2. The molecule has 0 atom stereocenters. The number of aromatic amines is 1. The second-order valence-corrected chi connectivity index (χ2v) is 5.05. The lowest BCUT2D eigenvalue weighted by atomic mass is 10.1. The number of pyridine rings is 1. The number of nitrogens with one attached hydrogen (secondary N) is 1. The summed E-state index contributed by atoms with van der Waals surface area (Å²) in [6.45, 7) is 1.97. The average Bonchev–Trinajstić information content (AvgIpc) is 2.96. The van der Waals surface area contributed by atoms with Crippen LogP contribution in [0.5, 0.6) is 0 Å². The van der Waals surface area contributed by atoms with Gasteiger partial charge in [-0.15, -0.1) is 11.3 Å². The summed E-state index contributed by atoms with van der Waals surface area (Å²) in [6.07, 6.45) is 3.56. The first-order valence-electron chi connectivity index (χ1n) is 5.44. The average molecular weight is 257 g/mol. The number of anilines is 1. The summed E-state index contributed by atoms with van der Waals surface area (Å²) in [5.41, 5.74) is 8.43. The molecule has 18 heavy (non-hydrogen) atoms. The minimum atomic E-state index is 0.453.